The molecule has 1 aromatic carbocycles. The highest BCUT2D eigenvalue weighted by Gasteiger charge is 2.21. The predicted octanol–water partition coefficient (Wildman–Crippen LogP) is 1.91. The Morgan fingerprint density at radius 1 is 1.29 bits per heavy atom. The zero-order valence-electron chi connectivity index (χ0n) is 9.30. The summed E-state index contributed by atoms with van der Waals surface area (Å²) in [5.41, 5.74) is 1.68. The monoisotopic (exact) mass is 231 g/mol. The minimum absolute atomic E-state index is 0.152. The molecule has 1 amide bonds. The van der Waals surface area contributed by atoms with Gasteiger partial charge in [0.2, 0.25) is 5.91 Å². The molecule has 1 aliphatic rings. The summed E-state index contributed by atoms with van der Waals surface area (Å²) in [6.45, 7) is 0.767. The molecular formula is C13H13NO3. The van der Waals surface area contributed by atoms with Crippen LogP contribution in [0.1, 0.15) is 18.4 Å². The average Bonchev–Trinajstić information content (AvgIpc) is 2.73. The van der Waals surface area contributed by atoms with Crippen LogP contribution in [-0.4, -0.2) is 23.5 Å². The molecule has 0 radical (unpaired) electrons. The normalized spacial score (nSPS) is 15.8. The molecule has 1 N–H and O–H groups in total. The number of carbonyl (C=O) groups is 2. The topological polar surface area (TPSA) is 57.6 Å². The Hall–Kier alpha value is -2.10. The fourth-order valence-electron chi connectivity index (χ4n) is 1.85. The standard InChI is InChI=1S/C13H13NO3/c15-12-2-1-9-14(12)11-6-3-10(4-7-11)5-8-13(16)17/h3-8H,1-2,9H2,(H,16,17)/b8-5-. The van der Waals surface area contributed by atoms with Crippen LogP contribution in [0, 0.1) is 0 Å². The highest BCUT2D eigenvalue weighted by atomic mass is 16.4. The first-order valence-electron chi connectivity index (χ1n) is 5.48. The highest BCUT2D eigenvalue weighted by molar-refractivity contribution is 5.95. The molecule has 1 heterocycles. The fraction of sp³-hybridized carbons (Fsp3) is 0.231. The third kappa shape index (κ3) is 2.72. The van der Waals surface area contributed by atoms with E-state index in [1.54, 1.807) is 17.0 Å². The second-order valence-corrected chi connectivity index (χ2v) is 3.91. The molecular weight excluding hydrogens is 218 g/mol. The van der Waals surface area contributed by atoms with Gasteiger partial charge in [-0.1, -0.05) is 12.1 Å². The van der Waals surface area contributed by atoms with E-state index in [4.69, 9.17) is 5.11 Å². The van der Waals surface area contributed by atoms with E-state index < -0.39 is 5.97 Å². The van der Waals surface area contributed by atoms with E-state index in [1.165, 1.54) is 6.08 Å². The number of carbonyl (C=O) groups excluding carboxylic acids is 1. The van der Waals surface area contributed by atoms with Crippen molar-refractivity contribution in [3.63, 3.8) is 0 Å². The van der Waals surface area contributed by atoms with Crippen LogP contribution < -0.4 is 4.90 Å². The second-order valence-electron chi connectivity index (χ2n) is 3.91. The van der Waals surface area contributed by atoms with Crippen molar-refractivity contribution in [2.24, 2.45) is 0 Å². The van der Waals surface area contributed by atoms with Crippen LogP contribution >= 0.6 is 0 Å². The molecule has 1 aliphatic heterocycles. The molecule has 0 aromatic heterocycles. The van der Waals surface area contributed by atoms with E-state index in [1.807, 2.05) is 12.1 Å². The molecule has 0 spiro atoms. The summed E-state index contributed by atoms with van der Waals surface area (Å²) in [6.07, 6.45) is 4.13. The number of anilines is 1. The Morgan fingerprint density at radius 2 is 2.00 bits per heavy atom. The first kappa shape index (κ1) is 11.4. The molecule has 4 heteroatoms. The molecule has 0 bridgehead atoms. The lowest BCUT2D eigenvalue weighted by molar-refractivity contribution is -0.131. The lowest BCUT2D eigenvalue weighted by Gasteiger charge is -2.15. The van der Waals surface area contributed by atoms with Crippen molar-refractivity contribution in [1.82, 2.24) is 0 Å². The van der Waals surface area contributed by atoms with E-state index in [9.17, 15) is 9.59 Å². The van der Waals surface area contributed by atoms with Gasteiger partial charge >= 0.3 is 5.97 Å². The summed E-state index contributed by atoms with van der Waals surface area (Å²) >= 11 is 0. The SMILES string of the molecule is O=C(O)/C=C\c1ccc(N2CCCC2=O)cc1. The van der Waals surface area contributed by atoms with Gasteiger partial charge in [-0.05, 0) is 30.2 Å². The van der Waals surface area contributed by atoms with Crippen molar-refractivity contribution in [2.45, 2.75) is 12.8 Å². The summed E-state index contributed by atoms with van der Waals surface area (Å²) in [5.74, 6) is -0.817. The third-order valence-electron chi connectivity index (χ3n) is 2.70. The number of amides is 1. The van der Waals surface area contributed by atoms with Gasteiger partial charge in [0.25, 0.3) is 0 Å². The Morgan fingerprint density at radius 3 is 2.53 bits per heavy atom. The van der Waals surface area contributed by atoms with Crippen LogP contribution in [0.15, 0.2) is 30.3 Å². The summed E-state index contributed by atoms with van der Waals surface area (Å²) in [4.78, 5) is 23.6. The fourth-order valence-corrected chi connectivity index (χ4v) is 1.85. The largest absolute Gasteiger partial charge is 0.478 e. The van der Waals surface area contributed by atoms with Crippen molar-refractivity contribution in [3.8, 4) is 0 Å². The van der Waals surface area contributed by atoms with Crippen molar-refractivity contribution < 1.29 is 14.7 Å². The van der Waals surface area contributed by atoms with Crippen molar-refractivity contribution in [3.05, 3.63) is 35.9 Å². The molecule has 0 unspecified atom stereocenters. The van der Waals surface area contributed by atoms with Crippen LogP contribution in [-0.2, 0) is 9.59 Å². The molecule has 4 nitrogen and oxygen atoms in total. The first-order valence-corrected chi connectivity index (χ1v) is 5.48. The van der Waals surface area contributed by atoms with Gasteiger partial charge in [0, 0.05) is 24.7 Å². The van der Waals surface area contributed by atoms with Gasteiger partial charge in [-0.25, -0.2) is 4.79 Å². The first-order chi connectivity index (χ1) is 8.16. The number of carboxylic acid groups (broad SMARTS) is 1. The maximum Gasteiger partial charge on any atom is 0.328 e. The molecule has 1 fully saturated rings. The molecule has 1 saturated heterocycles. The second kappa shape index (κ2) is 4.82. The van der Waals surface area contributed by atoms with Gasteiger partial charge < -0.3 is 10.0 Å². The predicted molar refractivity (Wildman–Crippen MR) is 64.7 cm³/mol. The van der Waals surface area contributed by atoms with Gasteiger partial charge in [0.1, 0.15) is 0 Å². The van der Waals surface area contributed by atoms with E-state index in [0.29, 0.717) is 6.42 Å². The van der Waals surface area contributed by atoms with E-state index in [0.717, 1.165) is 30.3 Å². The lowest BCUT2D eigenvalue weighted by atomic mass is 10.2. The van der Waals surface area contributed by atoms with Gasteiger partial charge in [-0.15, -0.1) is 0 Å². The molecule has 0 aliphatic carbocycles. The lowest BCUT2D eigenvalue weighted by Crippen LogP contribution is -2.23. The van der Waals surface area contributed by atoms with Crippen molar-refractivity contribution in [1.29, 1.82) is 0 Å². The summed E-state index contributed by atoms with van der Waals surface area (Å²) in [7, 11) is 0. The number of hydrogen-bond acceptors (Lipinski definition) is 2. The minimum atomic E-state index is -0.969. The number of aliphatic carboxylic acids is 1. The third-order valence-corrected chi connectivity index (χ3v) is 2.70. The molecule has 0 atom stereocenters. The quantitative estimate of drug-likeness (QED) is 0.808. The number of rotatable bonds is 3. The smallest absolute Gasteiger partial charge is 0.328 e. The molecule has 0 saturated carbocycles. The molecule has 1 aromatic rings. The maximum atomic E-state index is 11.5. The van der Waals surface area contributed by atoms with Gasteiger partial charge in [-0.2, -0.15) is 0 Å². The highest BCUT2D eigenvalue weighted by Crippen LogP contribution is 2.21. The van der Waals surface area contributed by atoms with Crippen LogP contribution in [0.2, 0.25) is 0 Å². The Bertz CT molecular complexity index is 462. The zero-order chi connectivity index (χ0) is 12.3. The van der Waals surface area contributed by atoms with Crippen LogP contribution in [0.3, 0.4) is 0 Å². The number of carboxylic acids is 1. The number of hydrogen-bond donors (Lipinski definition) is 1. The Balaban J connectivity index is 2.12. The maximum absolute atomic E-state index is 11.5. The number of benzene rings is 1. The zero-order valence-corrected chi connectivity index (χ0v) is 9.30. The van der Waals surface area contributed by atoms with Crippen LogP contribution in [0.4, 0.5) is 5.69 Å². The van der Waals surface area contributed by atoms with Gasteiger partial charge in [0.15, 0.2) is 0 Å². The molecule has 88 valence electrons. The Kier molecular flexibility index (Phi) is 3.23. The summed E-state index contributed by atoms with van der Waals surface area (Å²) < 4.78 is 0. The van der Waals surface area contributed by atoms with E-state index >= 15 is 0 Å². The van der Waals surface area contributed by atoms with Crippen molar-refractivity contribution >= 4 is 23.6 Å². The molecule has 17 heavy (non-hydrogen) atoms. The Labute approximate surface area is 99.2 Å². The van der Waals surface area contributed by atoms with Crippen LogP contribution in [0.5, 0.6) is 0 Å². The summed E-state index contributed by atoms with van der Waals surface area (Å²) in [6, 6.07) is 7.29. The van der Waals surface area contributed by atoms with Crippen LogP contribution in [0.25, 0.3) is 6.08 Å². The van der Waals surface area contributed by atoms with Gasteiger partial charge in [-0.3, -0.25) is 4.79 Å². The molecule has 2 rings (SSSR count). The van der Waals surface area contributed by atoms with Crippen molar-refractivity contribution in [2.75, 3.05) is 11.4 Å². The number of nitrogens with zero attached hydrogens (tertiary/aromatic N) is 1. The summed E-state index contributed by atoms with van der Waals surface area (Å²) in [5, 5.41) is 8.50. The minimum Gasteiger partial charge on any atom is -0.478 e. The van der Waals surface area contributed by atoms with E-state index in [-0.39, 0.29) is 5.91 Å². The van der Waals surface area contributed by atoms with E-state index in [2.05, 4.69) is 0 Å². The van der Waals surface area contributed by atoms with Gasteiger partial charge in [0.05, 0.1) is 0 Å². The average molecular weight is 231 g/mol.